The molecule has 0 unspecified atom stereocenters. The lowest BCUT2D eigenvalue weighted by Crippen LogP contribution is -2.41. The highest BCUT2D eigenvalue weighted by Gasteiger charge is 2.30. The lowest BCUT2D eigenvalue weighted by Gasteiger charge is -2.33. The predicted octanol–water partition coefficient (Wildman–Crippen LogP) is 7.10. The number of pyridine rings is 1. The van der Waals surface area contributed by atoms with Crippen molar-refractivity contribution in [2.75, 3.05) is 6.54 Å². The zero-order valence-electron chi connectivity index (χ0n) is 28.7. The first kappa shape index (κ1) is 34.5. The average Bonchev–Trinajstić information content (AvgIpc) is 3.34. The molecule has 2 aromatic heterocycles. The summed E-state index contributed by atoms with van der Waals surface area (Å²) in [5.74, 6) is 0.00899. The quantitative estimate of drug-likeness (QED) is 0.206. The normalized spacial score (nSPS) is 13.5. The number of nitrogens with one attached hydrogen (secondary N) is 1. The van der Waals surface area contributed by atoms with Gasteiger partial charge in [0.25, 0.3) is 11.5 Å². The number of carbonyl (C=O) groups excluding carboxylic acids is 3. The summed E-state index contributed by atoms with van der Waals surface area (Å²) in [6.45, 7) is 12.2. The molecule has 2 aromatic carbocycles. The molecule has 10 heteroatoms. The van der Waals surface area contributed by atoms with Crippen LogP contribution in [0.4, 0.5) is 9.59 Å². The van der Waals surface area contributed by atoms with Crippen molar-refractivity contribution in [3.05, 3.63) is 106 Å². The molecule has 1 aliphatic rings. The number of aromatic nitrogens is 2. The number of ether oxygens (including phenoxy) is 2. The van der Waals surface area contributed by atoms with Crippen LogP contribution in [0.3, 0.4) is 0 Å². The van der Waals surface area contributed by atoms with E-state index in [-0.39, 0.29) is 30.1 Å². The number of carbonyl (C=O) groups is 3. The van der Waals surface area contributed by atoms with Gasteiger partial charge in [-0.2, -0.15) is 0 Å². The zero-order chi connectivity index (χ0) is 34.6. The fraction of sp³-hybridized carbons (Fsp3) is 0.421. The Balaban J connectivity index is 1.38. The number of rotatable bonds is 9. The van der Waals surface area contributed by atoms with Crippen molar-refractivity contribution in [2.45, 2.75) is 91.6 Å². The molecule has 48 heavy (non-hydrogen) atoms. The van der Waals surface area contributed by atoms with Crippen LogP contribution in [-0.2, 0) is 29.1 Å². The third-order valence-electron chi connectivity index (χ3n) is 8.14. The Morgan fingerprint density at radius 1 is 0.875 bits per heavy atom. The van der Waals surface area contributed by atoms with Crippen LogP contribution < -0.4 is 10.9 Å². The highest BCUT2D eigenvalue weighted by atomic mass is 16.6. The van der Waals surface area contributed by atoms with Crippen LogP contribution in [0, 0.1) is 5.92 Å². The maximum atomic E-state index is 13.7. The van der Waals surface area contributed by atoms with E-state index in [4.69, 9.17) is 9.47 Å². The fourth-order valence-corrected chi connectivity index (χ4v) is 5.61. The molecular weight excluding hydrogens is 608 g/mol. The van der Waals surface area contributed by atoms with Gasteiger partial charge < -0.3 is 24.3 Å². The monoisotopic (exact) mass is 654 g/mol. The average molecular weight is 655 g/mol. The third-order valence-corrected chi connectivity index (χ3v) is 8.14. The molecular formula is C38H46N4O6. The van der Waals surface area contributed by atoms with Crippen molar-refractivity contribution in [2.24, 2.45) is 5.92 Å². The minimum atomic E-state index is -0.747. The van der Waals surface area contributed by atoms with E-state index in [2.05, 4.69) is 5.32 Å². The number of amides is 2. The van der Waals surface area contributed by atoms with E-state index in [9.17, 15) is 19.2 Å². The van der Waals surface area contributed by atoms with Crippen molar-refractivity contribution in [1.29, 1.82) is 0 Å². The van der Waals surface area contributed by atoms with Gasteiger partial charge >= 0.3 is 12.2 Å². The van der Waals surface area contributed by atoms with Gasteiger partial charge in [-0.1, -0.05) is 48.9 Å². The number of benzene rings is 2. The van der Waals surface area contributed by atoms with E-state index in [0.717, 1.165) is 35.8 Å². The highest BCUT2D eigenvalue weighted by molar-refractivity contribution is 5.94. The minimum absolute atomic E-state index is 0.168. The standard InChI is InChI=1S/C38H46N4O6/c1-37(2,3)47-35(45)41(24-27-13-10-14-27)25-31-20-29-16-15-28(19-32(29)42(31)36(46)48-38(4,5)6)22-39-34(44)30-17-18-40(33(43)21-30)23-26-11-8-7-9-12-26/h7-9,11-12,15-21,27H,10,13-14,22-25H2,1-6H3,(H,39,44). The second-order valence-electron chi connectivity index (χ2n) is 14.6. The predicted molar refractivity (Wildman–Crippen MR) is 185 cm³/mol. The van der Waals surface area contributed by atoms with Gasteiger partial charge in [-0.3, -0.25) is 9.59 Å². The van der Waals surface area contributed by atoms with Crippen molar-refractivity contribution in [3.8, 4) is 0 Å². The second-order valence-corrected chi connectivity index (χ2v) is 14.6. The molecule has 2 amide bonds. The Hall–Kier alpha value is -4.86. The van der Waals surface area contributed by atoms with Gasteiger partial charge in [0.05, 0.1) is 18.6 Å². The van der Waals surface area contributed by atoms with Gasteiger partial charge in [0, 0.05) is 42.0 Å². The van der Waals surface area contributed by atoms with Crippen LogP contribution in [0.1, 0.15) is 88.0 Å². The molecule has 0 radical (unpaired) electrons. The second kappa shape index (κ2) is 14.1. The summed E-state index contributed by atoms with van der Waals surface area (Å²) < 4.78 is 14.6. The first-order valence-electron chi connectivity index (χ1n) is 16.5. The Labute approximate surface area is 281 Å². The van der Waals surface area contributed by atoms with Crippen molar-refractivity contribution < 1.29 is 23.9 Å². The molecule has 1 fully saturated rings. The van der Waals surface area contributed by atoms with Gasteiger partial charge in [0.1, 0.15) is 11.2 Å². The molecule has 1 N–H and O–H groups in total. The molecule has 1 saturated carbocycles. The first-order valence-corrected chi connectivity index (χ1v) is 16.5. The van der Waals surface area contributed by atoms with Crippen LogP contribution in [0.25, 0.3) is 10.9 Å². The summed E-state index contributed by atoms with van der Waals surface area (Å²) in [5.41, 5.74) is 1.52. The Kier molecular flexibility index (Phi) is 10.1. The van der Waals surface area contributed by atoms with Gasteiger partial charge in [0.2, 0.25) is 0 Å². The van der Waals surface area contributed by atoms with Gasteiger partial charge in [0.15, 0.2) is 0 Å². The molecule has 5 rings (SSSR count). The highest BCUT2D eigenvalue weighted by Crippen LogP contribution is 2.30. The number of fused-ring (bicyclic) bond motifs is 1. The zero-order valence-corrected chi connectivity index (χ0v) is 28.7. The van der Waals surface area contributed by atoms with Crippen molar-refractivity contribution in [1.82, 2.24) is 19.4 Å². The molecule has 1 aliphatic carbocycles. The smallest absolute Gasteiger partial charge is 0.419 e. The molecule has 0 spiro atoms. The van der Waals surface area contributed by atoms with Crippen molar-refractivity contribution >= 4 is 29.0 Å². The molecule has 10 nitrogen and oxygen atoms in total. The third kappa shape index (κ3) is 8.93. The largest absolute Gasteiger partial charge is 0.444 e. The molecule has 0 bridgehead atoms. The van der Waals surface area contributed by atoms with Gasteiger partial charge in [-0.15, -0.1) is 0 Å². The number of nitrogens with zero attached hydrogens (tertiary/aromatic N) is 3. The topological polar surface area (TPSA) is 112 Å². The summed E-state index contributed by atoms with van der Waals surface area (Å²) in [6.07, 6.45) is 3.88. The summed E-state index contributed by atoms with van der Waals surface area (Å²) in [4.78, 5) is 54.5. The lowest BCUT2D eigenvalue weighted by atomic mass is 9.85. The Bertz CT molecular complexity index is 1840. The van der Waals surface area contributed by atoms with Crippen LogP contribution in [0.15, 0.2) is 77.7 Å². The van der Waals surface area contributed by atoms with Crippen molar-refractivity contribution in [3.63, 3.8) is 0 Å². The number of hydrogen-bond acceptors (Lipinski definition) is 6. The minimum Gasteiger partial charge on any atom is -0.444 e. The van der Waals surface area contributed by atoms with E-state index in [1.54, 1.807) is 42.5 Å². The Morgan fingerprint density at radius 2 is 1.58 bits per heavy atom. The molecule has 2 heterocycles. The van der Waals surface area contributed by atoms with Gasteiger partial charge in [-0.05, 0) is 89.6 Å². The first-order chi connectivity index (χ1) is 22.6. The van der Waals surface area contributed by atoms with E-state index in [1.807, 2.05) is 75.4 Å². The fourth-order valence-electron chi connectivity index (χ4n) is 5.61. The maximum Gasteiger partial charge on any atom is 0.419 e. The summed E-state index contributed by atoms with van der Waals surface area (Å²) >= 11 is 0. The summed E-state index contributed by atoms with van der Waals surface area (Å²) in [6, 6.07) is 20.1. The maximum absolute atomic E-state index is 13.7. The van der Waals surface area contributed by atoms with E-state index in [1.165, 1.54) is 10.6 Å². The number of hydrogen-bond donors (Lipinski definition) is 1. The molecule has 0 saturated heterocycles. The molecule has 4 aromatic rings. The van der Waals surface area contributed by atoms with Crippen LogP contribution in [0.5, 0.6) is 0 Å². The SMILES string of the molecule is CC(C)(C)OC(=O)N(Cc1cc2ccc(CNC(=O)c3ccn(Cc4ccccc4)c(=O)c3)cc2n1C(=O)OC(C)(C)C)CC1CCC1. The van der Waals surface area contributed by atoms with E-state index >= 15 is 0 Å². The van der Waals surface area contributed by atoms with Crippen LogP contribution in [0.2, 0.25) is 0 Å². The van der Waals surface area contributed by atoms with Gasteiger partial charge in [-0.25, -0.2) is 14.2 Å². The van der Waals surface area contributed by atoms with Crippen LogP contribution >= 0.6 is 0 Å². The van der Waals surface area contributed by atoms with Crippen LogP contribution in [-0.4, -0.2) is 49.9 Å². The summed E-state index contributed by atoms with van der Waals surface area (Å²) in [5, 5.41) is 3.68. The molecule has 0 atom stereocenters. The molecule has 254 valence electrons. The summed E-state index contributed by atoms with van der Waals surface area (Å²) in [7, 11) is 0. The molecule has 0 aliphatic heterocycles. The van der Waals surface area contributed by atoms with E-state index < -0.39 is 23.4 Å². The lowest BCUT2D eigenvalue weighted by molar-refractivity contribution is 0.0163. The van der Waals surface area contributed by atoms with E-state index in [0.29, 0.717) is 30.2 Å². The Morgan fingerprint density at radius 3 is 2.21 bits per heavy atom.